The summed E-state index contributed by atoms with van der Waals surface area (Å²) in [5.41, 5.74) is -1.58. The van der Waals surface area contributed by atoms with E-state index in [1.54, 1.807) is 25.1 Å². The van der Waals surface area contributed by atoms with Gasteiger partial charge in [0.05, 0.1) is 31.4 Å². The second-order valence-corrected chi connectivity index (χ2v) is 5.87. The number of nitrogens with one attached hydrogen (secondary N) is 1. The summed E-state index contributed by atoms with van der Waals surface area (Å²) in [7, 11) is 1.04. The molecule has 30 heavy (non-hydrogen) atoms. The monoisotopic (exact) mass is 419 g/mol. The molecule has 0 saturated heterocycles. The van der Waals surface area contributed by atoms with Gasteiger partial charge in [-0.2, -0.15) is 0 Å². The standard InChI is InChI=1S/C19H21N3O8/c1-4-29-15-7-6-12(8-16(15)30-5-2)20-17(23)11-21-10-13(22(26)27)9-14(18(21)24)19(25)28-3/h6-10H,4-5,11H2,1-3H3,(H,20,23). The number of ether oxygens (including phenoxy) is 3. The van der Waals surface area contributed by atoms with E-state index in [0.29, 0.717) is 30.4 Å². The Morgan fingerprint density at radius 1 is 1.13 bits per heavy atom. The largest absolute Gasteiger partial charge is 0.490 e. The number of carbonyl (C=O) groups excluding carboxylic acids is 2. The van der Waals surface area contributed by atoms with Crippen molar-refractivity contribution in [2.75, 3.05) is 25.6 Å². The lowest BCUT2D eigenvalue weighted by molar-refractivity contribution is -0.385. The van der Waals surface area contributed by atoms with Crippen LogP contribution in [0.5, 0.6) is 11.5 Å². The fraction of sp³-hybridized carbons (Fsp3) is 0.316. The maximum Gasteiger partial charge on any atom is 0.343 e. The summed E-state index contributed by atoms with van der Waals surface area (Å²) in [4.78, 5) is 46.9. The van der Waals surface area contributed by atoms with Crippen molar-refractivity contribution in [2.24, 2.45) is 0 Å². The Morgan fingerprint density at radius 3 is 2.40 bits per heavy atom. The van der Waals surface area contributed by atoms with Crippen LogP contribution < -0.4 is 20.3 Å². The number of benzene rings is 1. The fourth-order valence-electron chi connectivity index (χ4n) is 2.58. The first kappa shape index (κ1) is 22.4. The number of methoxy groups -OCH3 is 1. The molecule has 0 radical (unpaired) electrons. The summed E-state index contributed by atoms with van der Waals surface area (Å²) >= 11 is 0. The van der Waals surface area contributed by atoms with Crippen molar-refractivity contribution in [1.82, 2.24) is 4.57 Å². The van der Waals surface area contributed by atoms with Crippen molar-refractivity contribution >= 4 is 23.3 Å². The Morgan fingerprint density at radius 2 is 1.80 bits per heavy atom. The highest BCUT2D eigenvalue weighted by molar-refractivity contribution is 5.92. The van der Waals surface area contributed by atoms with E-state index in [-0.39, 0.29) is 0 Å². The molecule has 1 N–H and O–H groups in total. The number of pyridine rings is 1. The zero-order valence-electron chi connectivity index (χ0n) is 16.7. The molecular weight excluding hydrogens is 398 g/mol. The number of carbonyl (C=O) groups is 2. The molecule has 0 aliphatic carbocycles. The van der Waals surface area contributed by atoms with Gasteiger partial charge in [0.15, 0.2) is 11.5 Å². The molecule has 0 spiro atoms. The van der Waals surface area contributed by atoms with E-state index in [9.17, 15) is 24.5 Å². The molecule has 2 aromatic rings. The van der Waals surface area contributed by atoms with E-state index in [1.165, 1.54) is 0 Å². The second-order valence-electron chi connectivity index (χ2n) is 5.87. The van der Waals surface area contributed by atoms with E-state index in [2.05, 4.69) is 10.1 Å². The van der Waals surface area contributed by atoms with Gasteiger partial charge in [-0.05, 0) is 26.0 Å². The molecule has 0 saturated carbocycles. The Balaban J connectivity index is 2.29. The van der Waals surface area contributed by atoms with Crippen LogP contribution in [0.3, 0.4) is 0 Å². The average Bonchev–Trinajstić information content (AvgIpc) is 2.71. The van der Waals surface area contributed by atoms with Crippen molar-refractivity contribution in [1.29, 1.82) is 0 Å². The van der Waals surface area contributed by atoms with Crippen LogP contribution in [0.4, 0.5) is 11.4 Å². The Kier molecular flexibility index (Phi) is 7.50. The zero-order valence-corrected chi connectivity index (χ0v) is 16.7. The number of hydrogen-bond donors (Lipinski definition) is 1. The molecular formula is C19H21N3O8. The Bertz CT molecular complexity index is 1020. The van der Waals surface area contributed by atoms with E-state index < -0.39 is 40.2 Å². The minimum Gasteiger partial charge on any atom is -0.490 e. The normalized spacial score (nSPS) is 10.2. The number of nitrogens with zero attached hydrogens (tertiary/aromatic N) is 2. The van der Waals surface area contributed by atoms with E-state index in [1.807, 2.05) is 6.92 Å². The van der Waals surface area contributed by atoms with Gasteiger partial charge >= 0.3 is 5.97 Å². The number of aromatic nitrogens is 1. The predicted octanol–water partition coefficient (Wildman–Crippen LogP) is 1.98. The number of rotatable bonds is 9. The highest BCUT2D eigenvalue weighted by atomic mass is 16.6. The van der Waals surface area contributed by atoms with Gasteiger partial charge in [-0.3, -0.25) is 24.3 Å². The van der Waals surface area contributed by atoms with Gasteiger partial charge in [-0.25, -0.2) is 4.79 Å². The summed E-state index contributed by atoms with van der Waals surface area (Å²) in [6, 6.07) is 5.58. The Hall–Kier alpha value is -3.89. The van der Waals surface area contributed by atoms with Gasteiger partial charge in [0, 0.05) is 17.8 Å². The summed E-state index contributed by atoms with van der Waals surface area (Å²) in [5.74, 6) is -0.738. The van der Waals surface area contributed by atoms with Crippen molar-refractivity contribution in [3.8, 4) is 11.5 Å². The molecule has 0 atom stereocenters. The van der Waals surface area contributed by atoms with Crippen LogP contribution in [0.1, 0.15) is 24.2 Å². The molecule has 0 aliphatic rings. The summed E-state index contributed by atoms with van der Waals surface area (Å²) in [6.45, 7) is 3.89. The lowest BCUT2D eigenvalue weighted by Crippen LogP contribution is -2.31. The minimum absolute atomic E-state index is 0.374. The quantitative estimate of drug-likeness (QED) is 0.370. The van der Waals surface area contributed by atoms with E-state index in [0.717, 1.165) is 23.9 Å². The molecule has 0 unspecified atom stereocenters. The summed E-state index contributed by atoms with van der Waals surface area (Å²) in [5, 5.41) is 13.7. The SMILES string of the molecule is CCOc1ccc(NC(=O)Cn2cc([N+](=O)[O-])cc(C(=O)OC)c2=O)cc1OCC. The highest BCUT2D eigenvalue weighted by Gasteiger charge is 2.21. The molecule has 1 aromatic heterocycles. The van der Waals surface area contributed by atoms with E-state index in [4.69, 9.17) is 9.47 Å². The first-order valence-electron chi connectivity index (χ1n) is 8.97. The van der Waals surface area contributed by atoms with Crippen LogP contribution in [0.2, 0.25) is 0 Å². The number of esters is 1. The van der Waals surface area contributed by atoms with Crippen molar-refractivity contribution < 1.29 is 28.7 Å². The third-order valence-corrected chi connectivity index (χ3v) is 3.83. The first-order valence-corrected chi connectivity index (χ1v) is 8.97. The number of nitro groups is 1. The van der Waals surface area contributed by atoms with Gasteiger partial charge in [0.25, 0.3) is 11.2 Å². The smallest absolute Gasteiger partial charge is 0.343 e. The highest BCUT2D eigenvalue weighted by Crippen LogP contribution is 2.30. The van der Waals surface area contributed by atoms with Gasteiger partial charge in [-0.15, -0.1) is 0 Å². The van der Waals surface area contributed by atoms with E-state index >= 15 is 0 Å². The lowest BCUT2D eigenvalue weighted by Gasteiger charge is -2.13. The topological polar surface area (TPSA) is 139 Å². The number of amides is 1. The van der Waals surface area contributed by atoms with Crippen LogP contribution in [-0.2, 0) is 16.1 Å². The van der Waals surface area contributed by atoms with Gasteiger partial charge in [0.2, 0.25) is 5.91 Å². The molecule has 11 heteroatoms. The maximum atomic E-state index is 12.4. The summed E-state index contributed by atoms with van der Waals surface area (Å²) < 4.78 is 16.2. The number of hydrogen-bond acceptors (Lipinski definition) is 8. The van der Waals surface area contributed by atoms with Crippen LogP contribution in [0, 0.1) is 10.1 Å². The molecule has 0 fully saturated rings. The first-order chi connectivity index (χ1) is 14.3. The van der Waals surface area contributed by atoms with Crippen LogP contribution in [-0.4, -0.2) is 41.7 Å². The van der Waals surface area contributed by atoms with Crippen LogP contribution in [0.25, 0.3) is 0 Å². The molecule has 160 valence electrons. The lowest BCUT2D eigenvalue weighted by atomic mass is 10.2. The Labute approximate surface area is 171 Å². The molecule has 1 amide bonds. The third-order valence-electron chi connectivity index (χ3n) is 3.83. The number of anilines is 1. The molecule has 1 aromatic carbocycles. The molecule has 0 aliphatic heterocycles. The molecule has 1 heterocycles. The molecule has 0 bridgehead atoms. The molecule has 2 rings (SSSR count). The van der Waals surface area contributed by atoms with Crippen LogP contribution >= 0.6 is 0 Å². The minimum atomic E-state index is -1.04. The van der Waals surface area contributed by atoms with Gasteiger partial charge in [0.1, 0.15) is 12.1 Å². The van der Waals surface area contributed by atoms with Crippen LogP contribution in [0.15, 0.2) is 35.3 Å². The van der Waals surface area contributed by atoms with Gasteiger partial charge in [-0.1, -0.05) is 0 Å². The fourth-order valence-corrected chi connectivity index (χ4v) is 2.58. The van der Waals surface area contributed by atoms with Crippen molar-refractivity contribution in [2.45, 2.75) is 20.4 Å². The second kappa shape index (κ2) is 10.0. The summed E-state index contributed by atoms with van der Waals surface area (Å²) in [6.07, 6.45) is 0.887. The zero-order chi connectivity index (χ0) is 22.3. The van der Waals surface area contributed by atoms with Gasteiger partial charge < -0.3 is 19.5 Å². The maximum absolute atomic E-state index is 12.4. The third kappa shape index (κ3) is 5.34. The average molecular weight is 419 g/mol. The molecule has 11 nitrogen and oxygen atoms in total. The van der Waals surface area contributed by atoms with Crippen molar-refractivity contribution in [3.63, 3.8) is 0 Å². The van der Waals surface area contributed by atoms with Crippen molar-refractivity contribution in [3.05, 3.63) is 56.5 Å². The predicted molar refractivity (Wildman–Crippen MR) is 106 cm³/mol.